The largest absolute Gasteiger partial charge is 0.391 e. The Morgan fingerprint density at radius 1 is 1.35 bits per heavy atom. The van der Waals surface area contributed by atoms with Gasteiger partial charge in [-0.25, -0.2) is 4.98 Å². The van der Waals surface area contributed by atoms with Gasteiger partial charge in [-0.15, -0.1) is 0 Å². The van der Waals surface area contributed by atoms with E-state index in [4.69, 9.17) is 0 Å². The van der Waals surface area contributed by atoms with Crippen LogP contribution in [0.15, 0.2) is 18.3 Å². The van der Waals surface area contributed by atoms with Crippen LogP contribution in [0, 0.1) is 5.92 Å². The molecule has 0 aliphatic carbocycles. The summed E-state index contributed by atoms with van der Waals surface area (Å²) in [6.45, 7) is 4.49. The molecule has 0 unspecified atom stereocenters. The van der Waals surface area contributed by atoms with E-state index in [1.807, 2.05) is 19.1 Å². The molecule has 1 aliphatic rings. The fourth-order valence-electron chi connectivity index (χ4n) is 2.53. The zero-order valence-electron chi connectivity index (χ0n) is 11.6. The summed E-state index contributed by atoms with van der Waals surface area (Å²) in [5, 5.41) is 3.13. The van der Waals surface area contributed by atoms with Crippen LogP contribution in [0.2, 0.25) is 0 Å². The molecule has 1 aliphatic heterocycles. The van der Waals surface area contributed by atoms with Crippen LogP contribution in [0.4, 0.5) is 19.0 Å². The van der Waals surface area contributed by atoms with Gasteiger partial charge in [0.1, 0.15) is 5.82 Å². The lowest BCUT2D eigenvalue weighted by Crippen LogP contribution is -2.38. The maximum Gasteiger partial charge on any atom is 0.391 e. The molecular weight excluding hydrogens is 267 g/mol. The molecule has 0 radical (unpaired) electrons. The van der Waals surface area contributed by atoms with Crippen molar-refractivity contribution >= 4 is 5.82 Å². The molecule has 0 spiro atoms. The second-order valence-electron chi connectivity index (χ2n) is 5.17. The minimum absolute atomic E-state index is 0.203. The lowest BCUT2D eigenvalue weighted by Gasteiger charge is -2.32. The Morgan fingerprint density at radius 2 is 2.05 bits per heavy atom. The molecule has 1 saturated heterocycles. The summed E-state index contributed by atoms with van der Waals surface area (Å²) in [5.41, 5.74) is 1.08. The number of pyridine rings is 1. The Morgan fingerprint density at radius 3 is 2.65 bits per heavy atom. The molecule has 20 heavy (non-hydrogen) atoms. The van der Waals surface area contributed by atoms with E-state index in [0.29, 0.717) is 19.6 Å². The molecule has 0 atom stereocenters. The second kappa shape index (κ2) is 6.43. The Balaban J connectivity index is 1.88. The minimum atomic E-state index is -4.04. The summed E-state index contributed by atoms with van der Waals surface area (Å²) >= 11 is 0. The predicted molar refractivity (Wildman–Crippen MR) is 72.5 cm³/mol. The summed E-state index contributed by atoms with van der Waals surface area (Å²) in [5.74, 6) is -0.316. The predicted octanol–water partition coefficient (Wildman–Crippen LogP) is 3.29. The Labute approximate surface area is 117 Å². The lowest BCUT2D eigenvalue weighted by atomic mass is 9.96. The van der Waals surface area contributed by atoms with Crippen LogP contribution < -0.4 is 5.32 Å². The van der Waals surface area contributed by atoms with Crippen molar-refractivity contribution in [2.45, 2.75) is 32.5 Å². The topological polar surface area (TPSA) is 28.2 Å². The van der Waals surface area contributed by atoms with Gasteiger partial charge in [-0.1, -0.05) is 0 Å². The van der Waals surface area contributed by atoms with E-state index in [-0.39, 0.29) is 12.8 Å². The quantitative estimate of drug-likeness (QED) is 0.921. The minimum Gasteiger partial charge on any atom is -0.370 e. The number of hydrogen-bond donors (Lipinski definition) is 1. The average Bonchev–Trinajstić information content (AvgIpc) is 2.39. The fraction of sp³-hybridized carbons (Fsp3) is 0.643. The van der Waals surface area contributed by atoms with Crippen LogP contribution in [0.3, 0.4) is 0 Å². The van der Waals surface area contributed by atoms with Crippen molar-refractivity contribution in [1.29, 1.82) is 0 Å². The zero-order chi connectivity index (χ0) is 14.6. The molecule has 112 valence electrons. The molecule has 0 bridgehead atoms. The molecule has 2 heterocycles. The third-order valence-electron chi connectivity index (χ3n) is 3.64. The van der Waals surface area contributed by atoms with Gasteiger partial charge in [-0.2, -0.15) is 13.2 Å². The van der Waals surface area contributed by atoms with Crippen molar-refractivity contribution in [3.05, 3.63) is 23.9 Å². The SMILES string of the molecule is CCNc1cc(CN2CCC(C(F)(F)F)CC2)ccn1. The highest BCUT2D eigenvalue weighted by atomic mass is 19.4. The van der Waals surface area contributed by atoms with Crippen molar-refractivity contribution in [2.24, 2.45) is 5.92 Å². The van der Waals surface area contributed by atoms with Gasteiger partial charge >= 0.3 is 6.18 Å². The van der Waals surface area contributed by atoms with Gasteiger partial charge < -0.3 is 5.32 Å². The highest BCUT2D eigenvalue weighted by Crippen LogP contribution is 2.34. The molecule has 0 amide bonds. The number of rotatable bonds is 4. The Kier molecular flexibility index (Phi) is 4.86. The van der Waals surface area contributed by atoms with Crippen LogP contribution in [0.25, 0.3) is 0 Å². The van der Waals surface area contributed by atoms with Gasteiger partial charge in [0.15, 0.2) is 0 Å². The normalized spacial score (nSPS) is 18.2. The third-order valence-corrected chi connectivity index (χ3v) is 3.64. The summed E-state index contributed by atoms with van der Waals surface area (Å²) < 4.78 is 37.8. The van der Waals surface area contributed by atoms with E-state index in [2.05, 4.69) is 15.2 Å². The monoisotopic (exact) mass is 287 g/mol. The highest BCUT2D eigenvalue weighted by Gasteiger charge is 2.40. The molecule has 0 aromatic carbocycles. The standard InChI is InChI=1S/C14H20F3N3/c1-2-18-13-9-11(3-6-19-13)10-20-7-4-12(5-8-20)14(15,16)17/h3,6,9,12H,2,4-5,7-8,10H2,1H3,(H,18,19). The summed E-state index contributed by atoms with van der Waals surface area (Å²) in [4.78, 5) is 6.26. The van der Waals surface area contributed by atoms with E-state index in [9.17, 15) is 13.2 Å². The van der Waals surface area contributed by atoms with E-state index >= 15 is 0 Å². The van der Waals surface area contributed by atoms with Gasteiger partial charge in [0.05, 0.1) is 5.92 Å². The van der Waals surface area contributed by atoms with Crippen molar-refractivity contribution in [2.75, 3.05) is 25.0 Å². The van der Waals surface area contributed by atoms with E-state index < -0.39 is 12.1 Å². The van der Waals surface area contributed by atoms with Crippen molar-refractivity contribution in [3.8, 4) is 0 Å². The molecule has 1 aromatic heterocycles. The number of hydrogen-bond acceptors (Lipinski definition) is 3. The van der Waals surface area contributed by atoms with Crippen LogP contribution >= 0.6 is 0 Å². The second-order valence-corrected chi connectivity index (χ2v) is 5.17. The van der Waals surface area contributed by atoms with E-state index in [1.54, 1.807) is 6.20 Å². The molecule has 0 saturated carbocycles. The number of nitrogens with one attached hydrogen (secondary N) is 1. The first-order chi connectivity index (χ1) is 9.49. The third kappa shape index (κ3) is 4.10. The number of alkyl halides is 3. The van der Waals surface area contributed by atoms with E-state index in [0.717, 1.165) is 17.9 Å². The molecule has 6 heteroatoms. The molecule has 3 nitrogen and oxygen atoms in total. The first-order valence-corrected chi connectivity index (χ1v) is 6.97. The zero-order valence-corrected chi connectivity index (χ0v) is 11.6. The molecule has 1 aromatic rings. The van der Waals surface area contributed by atoms with Gasteiger partial charge in [0.2, 0.25) is 0 Å². The van der Waals surface area contributed by atoms with Crippen molar-refractivity contribution in [1.82, 2.24) is 9.88 Å². The number of halogens is 3. The smallest absolute Gasteiger partial charge is 0.370 e. The molecule has 1 fully saturated rings. The summed E-state index contributed by atoms with van der Waals surface area (Å²) in [6.07, 6.45) is -1.90. The van der Waals surface area contributed by atoms with Crippen molar-refractivity contribution < 1.29 is 13.2 Å². The van der Waals surface area contributed by atoms with Crippen LogP contribution in [-0.2, 0) is 6.54 Å². The summed E-state index contributed by atoms with van der Waals surface area (Å²) in [6, 6.07) is 3.87. The Hall–Kier alpha value is -1.30. The van der Waals surface area contributed by atoms with Crippen LogP contribution in [0.5, 0.6) is 0 Å². The maximum atomic E-state index is 12.6. The van der Waals surface area contributed by atoms with Gasteiger partial charge in [-0.3, -0.25) is 4.90 Å². The van der Waals surface area contributed by atoms with Gasteiger partial charge in [0, 0.05) is 19.3 Å². The number of nitrogens with zero attached hydrogens (tertiary/aromatic N) is 2. The fourth-order valence-corrected chi connectivity index (χ4v) is 2.53. The Bertz CT molecular complexity index is 426. The maximum absolute atomic E-state index is 12.6. The first kappa shape index (κ1) is 15.1. The number of aromatic nitrogens is 1. The average molecular weight is 287 g/mol. The summed E-state index contributed by atoms with van der Waals surface area (Å²) in [7, 11) is 0. The van der Waals surface area contributed by atoms with Gasteiger partial charge in [0.25, 0.3) is 0 Å². The van der Waals surface area contributed by atoms with Gasteiger partial charge in [-0.05, 0) is 50.6 Å². The van der Waals surface area contributed by atoms with Crippen LogP contribution in [0.1, 0.15) is 25.3 Å². The first-order valence-electron chi connectivity index (χ1n) is 6.97. The van der Waals surface area contributed by atoms with Crippen LogP contribution in [-0.4, -0.2) is 35.7 Å². The number of anilines is 1. The number of likely N-dealkylation sites (tertiary alicyclic amines) is 1. The molecule has 1 N–H and O–H groups in total. The molecular formula is C14H20F3N3. The van der Waals surface area contributed by atoms with Crippen molar-refractivity contribution in [3.63, 3.8) is 0 Å². The lowest BCUT2D eigenvalue weighted by molar-refractivity contribution is -0.185. The molecule has 2 rings (SSSR count). The van der Waals surface area contributed by atoms with E-state index in [1.165, 1.54) is 0 Å². The number of piperidine rings is 1. The highest BCUT2D eigenvalue weighted by molar-refractivity contribution is 5.37.